The number of fused-ring (bicyclic) bond motifs is 1. The predicted molar refractivity (Wildman–Crippen MR) is 94.6 cm³/mol. The van der Waals surface area contributed by atoms with Gasteiger partial charge in [0.05, 0.1) is 6.20 Å². The van der Waals surface area contributed by atoms with Crippen LogP contribution in [0.1, 0.15) is 37.7 Å². The van der Waals surface area contributed by atoms with E-state index in [4.69, 9.17) is 5.73 Å². The number of likely N-dealkylation sites (tertiary alicyclic amines) is 2. The fraction of sp³-hybridized carbons (Fsp3) is 0.722. The van der Waals surface area contributed by atoms with Crippen molar-refractivity contribution in [3.63, 3.8) is 0 Å². The average molecular weight is 347 g/mol. The molecule has 0 bridgehead atoms. The molecule has 2 aliphatic heterocycles. The van der Waals surface area contributed by atoms with Crippen LogP contribution in [0.25, 0.3) is 0 Å². The van der Waals surface area contributed by atoms with E-state index in [9.17, 15) is 9.59 Å². The summed E-state index contributed by atoms with van der Waals surface area (Å²) in [6.45, 7) is 2.90. The van der Waals surface area contributed by atoms with Gasteiger partial charge in [0, 0.05) is 51.8 Å². The van der Waals surface area contributed by atoms with E-state index in [1.54, 1.807) is 4.68 Å². The molecule has 25 heavy (non-hydrogen) atoms. The number of hydrogen-bond donors (Lipinski definition) is 1. The van der Waals surface area contributed by atoms with Crippen molar-refractivity contribution in [1.29, 1.82) is 0 Å². The number of amides is 2. The molecular formula is C18H29N5O2. The van der Waals surface area contributed by atoms with Gasteiger partial charge >= 0.3 is 0 Å². The summed E-state index contributed by atoms with van der Waals surface area (Å²) in [5, 5.41) is 4.15. The van der Waals surface area contributed by atoms with Crippen LogP contribution < -0.4 is 5.73 Å². The lowest BCUT2D eigenvalue weighted by atomic mass is 9.83. The van der Waals surface area contributed by atoms with Gasteiger partial charge in [0.2, 0.25) is 11.8 Å². The molecule has 0 aromatic carbocycles. The Morgan fingerprint density at radius 1 is 1.40 bits per heavy atom. The molecule has 2 atom stereocenters. The standard InChI is InChI=1S/C18H29N5O2/c1-21-12-14(11-20-21)3-5-17(24)22-10-7-16-15(13-22)4-6-18(25)23(16)9-2-8-19/h11-12,15-16H,2-10,13,19H2,1H3/t15-,16+/m0/s1. The molecule has 0 radical (unpaired) electrons. The van der Waals surface area contributed by atoms with Gasteiger partial charge in [-0.25, -0.2) is 0 Å². The van der Waals surface area contributed by atoms with Crippen molar-refractivity contribution in [3.8, 4) is 0 Å². The van der Waals surface area contributed by atoms with Crippen LogP contribution in [0.4, 0.5) is 0 Å². The molecule has 0 unspecified atom stereocenters. The van der Waals surface area contributed by atoms with Crippen molar-refractivity contribution >= 4 is 11.8 Å². The molecular weight excluding hydrogens is 318 g/mol. The largest absolute Gasteiger partial charge is 0.342 e. The van der Waals surface area contributed by atoms with E-state index < -0.39 is 0 Å². The Morgan fingerprint density at radius 3 is 2.96 bits per heavy atom. The summed E-state index contributed by atoms with van der Waals surface area (Å²) in [6.07, 6.45) is 8.28. The van der Waals surface area contributed by atoms with Crippen molar-refractivity contribution in [2.24, 2.45) is 18.7 Å². The number of carbonyl (C=O) groups excluding carboxylic acids is 2. The van der Waals surface area contributed by atoms with E-state index in [1.165, 1.54) is 0 Å². The molecule has 0 aliphatic carbocycles. The summed E-state index contributed by atoms with van der Waals surface area (Å²) in [7, 11) is 1.89. The van der Waals surface area contributed by atoms with Crippen LogP contribution >= 0.6 is 0 Å². The highest BCUT2D eigenvalue weighted by Gasteiger charge is 2.39. The molecule has 2 N–H and O–H groups in total. The molecule has 2 fully saturated rings. The summed E-state index contributed by atoms with van der Waals surface area (Å²) in [4.78, 5) is 28.8. The zero-order valence-corrected chi connectivity index (χ0v) is 15.1. The number of aryl methyl sites for hydroxylation is 2. The van der Waals surface area contributed by atoms with Crippen molar-refractivity contribution in [1.82, 2.24) is 19.6 Å². The lowest BCUT2D eigenvalue weighted by molar-refractivity contribution is -0.144. The molecule has 7 heteroatoms. The molecule has 3 heterocycles. The zero-order chi connectivity index (χ0) is 17.8. The van der Waals surface area contributed by atoms with Gasteiger partial charge in [-0.1, -0.05) is 0 Å². The smallest absolute Gasteiger partial charge is 0.222 e. The number of piperidine rings is 2. The molecule has 1 aromatic heterocycles. The highest BCUT2D eigenvalue weighted by Crippen LogP contribution is 2.31. The Morgan fingerprint density at radius 2 is 2.24 bits per heavy atom. The molecule has 2 saturated heterocycles. The van der Waals surface area contributed by atoms with Crippen LogP contribution in [0.3, 0.4) is 0 Å². The number of rotatable bonds is 6. The number of nitrogens with zero attached hydrogens (tertiary/aromatic N) is 4. The quantitative estimate of drug-likeness (QED) is 0.814. The van der Waals surface area contributed by atoms with E-state index in [2.05, 4.69) is 5.10 Å². The third kappa shape index (κ3) is 4.21. The fourth-order valence-electron chi connectivity index (χ4n) is 4.14. The van der Waals surface area contributed by atoms with Crippen molar-refractivity contribution < 1.29 is 9.59 Å². The Bertz CT molecular complexity index is 614. The van der Waals surface area contributed by atoms with Gasteiger partial charge in [0.15, 0.2) is 0 Å². The minimum absolute atomic E-state index is 0.215. The molecule has 2 amide bonds. The molecule has 0 saturated carbocycles. The minimum Gasteiger partial charge on any atom is -0.342 e. The second kappa shape index (κ2) is 7.99. The van der Waals surface area contributed by atoms with Crippen LogP contribution in [0.2, 0.25) is 0 Å². The van der Waals surface area contributed by atoms with Crippen LogP contribution in [0, 0.1) is 5.92 Å². The van der Waals surface area contributed by atoms with Crippen molar-refractivity contribution in [3.05, 3.63) is 18.0 Å². The molecule has 138 valence electrons. The second-order valence-electron chi connectivity index (χ2n) is 7.25. The maximum atomic E-state index is 12.6. The number of hydrogen-bond acceptors (Lipinski definition) is 4. The van der Waals surface area contributed by atoms with Crippen LogP contribution in [-0.4, -0.2) is 63.6 Å². The van der Waals surface area contributed by atoms with Crippen molar-refractivity contribution in [2.45, 2.75) is 44.6 Å². The summed E-state index contributed by atoms with van der Waals surface area (Å²) in [6, 6.07) is 0.287. The lowest BCUT2D eigenvalue weighted by Crippen LogP contribution is -2.57. The first kappa shape index (κ1) is 17.9. The van der Waals surface area contributed by atoms with Crippen LogP contribution in [0.5, 0.6) is 0 Å². The Kier molecular flexibility index (Phi) is 5.73. The highest BCUT2D eigenvalue weighted by molar-refractivity contribution is 5.78. The lowest BCUT2D eigenvalue weighted by Gasteiger charge is -2.47. The molecule has 7 nitrogen and oxygen atoms in total. The van der Waals surface area contributed by atoms with Crippen molar-refractivity contribution in [2.75, 3.05) is 26.2 Å². The van der Waals surface area contributed by atoms with Gasteiger partial charge < -0.3 is 15.5 Å². The number of nitrogens with two attached hydrogens (primary N) is 1. The Labute approximate surface area is 149 Å². The summed E-state index contributed by atoms with van der Waals surface area (Å²) >= 11 is 0. The number of carbonyl (C=O) groups is 2. The molecule has 0 spiro atoms. The van der Waals surface area contributed by atoms with Gasteiger partial charge in [-0.05, 0) is 43.7 Å². The Balaban J connectivity index is 1.53. The first-order valence-electron chi connectivity index (χ1n) is 9.33. The van der Waals surface area contributed by atoms with Crippen LogP contribution in [0.15, 0.2) is 12.4 Å². The Hall–Kier alpha value is -1.89. The van der Waals surface area contributed by atoms with Gasteiger partial charge in [0.25, 0.3) is 0 Å². The normalized spacial score (nSPS) is 23.7. The first-order valence-corrected chi connectivity index (χ1v) is 9.33. The van der Waals surface area contributed by atoms with E-state index in [-0.39, 0.29) is 17.9 Å². The fourth-order valence-corrected chi connectivity index (χ4v) is 4.14. The average Bonchev–Trinajstić information content (AvgIpc) is 3.04. The third-order valence-corrected chi connectivity index (χ3v) is 5.49. The highest BCUT2D eigenvalue weighted by atomic mass is 16.2. The second-order valence-corrected chi connectivity index (χ2v) is 7.25. The molecule has 2 aliphatic rings. The molecule has 1 aromatic rings. The zero-order valence-electron chi connectivity index (χ0n) is 15.1. The predicted octanol–water partition coefficient (Wildman–Crippen LogP) is 0.541. The van der Waals surface area contributed by atoms with E-state index in [0.29, 0.717) is 25.3 Å². The van der Waals surface area contributed by atoms with E-state index in [1.807, 2.05) is 29.2 Å². The summed E-state index contributed by atoms with van der Waals surface area (Å²) in [5.41, 5.74) is 6.71. The van der Waals surface area contributed by atoms with Crippen LogP contribution in [-0.2, 0) is 23.1 Å². The van der Waals surface area contributed by atoms with Gasteiger partial charge in [-0.15, -0.1) is 0 Å². The van der Waals surface area contributed by atoms with E-state index >= 15 is 0 Å². The first-order chi connectivity index (χ1) is 12.1. The monoisotopic (exact) mass is 347 g/mol. The summed E-state index contributed by atoms with van der Waals surface area (Å²) in [5.74, 6) is 0.880. The van der Waals surface area contributed by atoms with Gasteiger partial charge in [0.1, 0.15) is 0 Å². The maximum Gasteiger partial charge on any atom is 0.222 e. The SMILES string of the molecule is Cn1cc(CCC(=O)N2CC[C@@H]3[C@@H](CCC(=O)N3CCCN)C2)cn1. The van der Waals surface area contributed by atoms with E-state index in [0.717, 1.165) is 50.9 Å². The summed E-state index contributed by atoms with van der Waals surface area (Å²) < 4.78 is 1.76. The topological polar surface area (TPSA) is 84.5 Å². The maximum absolute atomic E-state index is 12.6. The van der Waals surface area contributed by atoms with Gasteiger partial charge in [-0.3, -0.25) is 14.3 Å². The third-order valence-electron chi connectivity index (χ3n) is 5.49. The number of aromatic nitrogens is 2. The minimum atomic E-state index is 0.215. The molecule has 3 rings (SSSR count). The van der Waals surface area contributed by atoms with Gasteiger partial charge in [-0.2, -0.15) is 5.10 Å².